The Morgan fingerprint density at radius 3 is 3.06 bits per heavy atom. The Balaban J connectivity index is 2.23. The van der Waals surface area contributed by atoms with Gasteiger partial charge in [-0.3, -0.25) is 9.78 Å². The molecule has 1 aromatic heterocycles. The van der Waals surface area contributed by atoms with Crippen molar-refractivity contribution in [2.75, 3.05) is 0 Å². The van der Waals surface area contributed by atoms with Gasteiger partial charge in [0.2, 0.25) is 5.91 Å². The normalized spacial score (nSPS) is 14.6. The third-order valence-corrected chi connectivity index (χ3v) is 2.69. The van der Waals surface area contributed by atoms with Gasteiger partial charge >= 0.3 is 0 Å². The summed E-state index contributed by atoms with van der Waals surface area (Å²) >= 11 is 0. The highest BCUT2D eigenvalue weighted by atomic mass is 16.1. The summed E-state index contributed by atoms with van der Waals surface area (Å²) in [5, 5.41) is 0. The van der Waals surface area contributed by atoms with E-state index in [9.17, 15) is 4.79 Å². The lowest BCUT2D eigenvalue weighted by Crippen LogP contribution is -2.14. The highest BCUT2D eigenvalue weighted by Crippen LogP contribution is 2.18. The third kappa shape index (κ3) is 2.37. The van der Waals surface area contributed by atoms with Crippen LogP contribution in [0, 0.1) is 0 Å². The van der Waals surface area contributed by atoms with Gasteiger partial charge in [-0.25, -0.2) is 0 Å². The summed E-state index contributed by atoms with van der Waals surface area (Å²) in [5.74, 6) is -0.385. The highest BCUT2D eigenvalue weighted by Gasteiger charge is 2.09. The van der Waals surface area contributed by atoms with Crippen LogP contribution in [0.15, 0.2) is 42.3 Å². The number of pyridine rings is 1. The molecule has 0 aliphatic heterocycles. The van der Waals surface area contributed by atoms with E-state index in [1.807, 2.05) is 0 Å². The maximum atomic E-state index is 11.2. The first-order valence-corrected chi connectivity index (χ1v) is 5.34. The van der Waals surface area contributed by atoms with Crippen LogP contribution in [0.2, 0.25) is 0 Å². The molecule has 0 bridgehead atoms. The molecule has 2 N–H and O–H groups in total. The van der Waals surface area contributed by atoms with E-state index in [4.69, 9.17) is 5.73 Å². The Labute approximate surface area is 94.7 Å². The lowest BCUT2D eigenvalue weighted by molar-refractivity contribution is 0.0999. The van der Waals surface area contributed by atoms with E-state index in [1.165, 1.54) is 5.57 Å². The molecular formula is C13H14N2O. The number of hydrogen-bond donors (Lipinski definition) is 1. The van der Waals surface area contributed by atoms with Gasteiger partial charge in [-0.15, -0.1) is 0 Å². The van der Waals surface area contributed by atoms with Crippen LogP contribution in [-0.4, -0.2) is 10.9 Å². The average Bonchev–Trinajstić information content (AvgIpc) is 2.31. The lowest BCUT2D eigenvalue weighted by atomic mass is 9.96. The van der Waals surface area contributed by atoms with Crippen molar-refractivity contribution in [1.29, 1.82) is 0 Å². The quantitative estimate of drug-likeness (QED) is 0.836. The zero-order chi connectivity index (χ0) is 11.4. The van der Waals surface area contributed by atoms with Crippen molar-refractivity contribution < 1.29 is 4.79 Å². The number of amides is 1. The van der Waals surface area contributed by atoms with Gasteiger partial charge in [0.25, 0.3) is 0 Å². The van der Waals surface area contributed by atoms with E-state index in [0.717, 1.165) is 24.8 Å². The molecule has 16 heavy (non-hydrogen) atoms. The molecule has 3 heteroatoms. The molecular weight excluding hydrogens is 200 g/mol. The standard InChI is InChI=1S/C13H14N2O/c14-13(16)12-6-7-15-9-11(12)8-10-4-2-1-3-5-10/h1-2,4,6-7,9H,3,5,8H2,(H2,14,16). The molecule has 0 fully saturated rings. The fraction of sp³-hybridized carbons (Fsp3) is 0.231. The first kappa shape index (κ1) is 10.6. The largest absolute Gasteiger partial charge is 0.366 e. The number of aromatic nitrogens is 1. The van der Waals surface area contributed by atoms with Gasteiger partial charge in [0, 0.05) is 18.0 Å². The predicted octanol–water partition coefficient (Wildman–Crippen LogP) is 2.00. The van der Waals surface area contributed by atoms with Crippen LogP contribution in [0.3, 0.4) is 0 Å². The summed E-state index contributed by atoms with van der Waals surface area (Å²) < 4.78 is 0. The Kier molecular flexibility index (Phi) is 3.15. The maximum Gasteiger partial charge on any atom is 0.249 e. The Bertz CT molecular complexity index is 461. The van der Waals surface area contributed by atoms with Crippen LogP contribution in [0.4, 0.5) is 0 Å². The SMILES string of the molecule is NC(=O)c1ccncc1CC1=CC=CCC1. The topological polar surface area (TPSA) is 56.0 Å². The molecule has 82 valence electrons. The second-order valence-corrected chi connectivity index (χ2v) is 3.87. The number of allylic oxidation sites excluding steroid dienone is 4. The molecule has 2 rings (SSSR count). The minimum Gasteiger partial charge on any atom is -0.366 e. The van der Waals surface area contributed by atoms with Gasteiger partial charge < -0.3 is 5.73 Å². The molecule has 0 atom stereocenters. The number of hydrogen-bond acceptors (Lipinski definition) is 2. The van der Waals surface area contributed by atoms with Crippen LogP contribution in [0.5, 0.6) is 0 Å². The van der Waals surface area contributed by atoms with Gasteiger partial charge in [-0.2, -0.15) is 0 Å². The molecule has 1 aliphatic rings. The summed E-state index contributed by atoms with van der Waals surface area (Å²) in [4.78, 5) is 15.3. The van der Waals surface area contributed by atoms with Crippen molar-refractivity contribution in [2.45, 2.75) is 19.3 Å². The van der Waals surface area contributed by atoms with Crippen molar-refractivity contribution in [1.82, 2.24) is 4.98 Å². The van der Waals surface area contributed by atoms with E-state index in [1.54, 1.807) is 18.5 Å². The third-order valence-electron chi connectivity index (χ3n) is 2.69. The number of nitrogens with zero attached hydrogens (tertiary/aromatic N) is 1. The number of nitrogens with two attached hydrogens (primary N) is 1. The van der Waals surface area contributed by atoms with E-state index in [2.05, 4.69) is 23.2 Å². The number of primary amides is 1. The molecule has 0 aromatic carbocycles. The minimum absolute atomic E-state index is 0.385. The van der Waals surface area contributed by atoms with Crippen molar-refractivity contribution in [3.8, 4) is 0 Å². The summed E-state index contributed by atoms with van der Waals surface area (Å²) in [6.45, 7) is 0. The molecule has 0 radical (unpaired) electrons. The summed E-state index contributed by atoms with van der Waals surface area (Å²) in [6, 6.07) is 1.68. The van der Waals surface area contributed by atoms with Gasteiger partial charge in [-0.1, -0.05) is 23.8 Å². The lowest BCUT2D eigenvalue weighted by Gasteiger charge is -2.10. The molecule has 0 spiro atoms. The van der Waals surface area contributed by atoms with Gasteiger partial charge in [-0.05, 0) is 30.9 Å². The van der Waals surface area contributed by atoms with Gasteiger partial charge in [0.1, 0.15) is 0 Å². The first-order chi connectivity index (χ1) is 7.77. The molecule has 1 amide bonds. The van der Waals surface area contributed by atoms with Crippen LogP contribution >= 0.6 is 0 Å². The molecule has 1 aromatic rings. The van der Waals surface area contributed by atoms with Crippen LogP contribution < -0.4 is 5.73 Å². The fourth-order valence-electron chi connectivity index (χ4n) is 1.85. The van der Waals surface area contributed by atoms with Crippen molar-refractivity contribution in [3.05, 3.63) is 53.4 Å². The van der Waals surface area contributed by atoms with Gasteiger partial charge in [0.05, 0.1) is 0 Å². The molecule has 1 heterocycles. The number of carbonyl (C=O) groups is 1. The number of carbonyl (C=O) groups excluding carboxylic acids is 1. The smallest absolute Gasteiger partial charge is 0.249 e. The van der Waals surface area contributed by atoms with E-state index in [0.29, 0.717) is 5.56 Å². The van der Waals surface area contributed by atoms with Crippen LogP contribution in [-0.2, 0) is 6.42 Å². The number of rotatable bonds is 3. The fourth-order valence-corrected chi connectivity index (χ4v) is 1.85. The molecule has 0 saturated carbocycles. The predicted molar refractivity (Wildman–Crippen MR) is 62.9 cm³/mol. The van der Waals surface area contributed by atoms with Crippen molar-refractivity contribution in [3.63, 3.8) is 0 Å². The van der Waals surface area contributed by atoms with Crippen molar-refractivity contribution in [2.24, 2.45) is 5.73 Å². The monoisotopic (exact) mass is 214 g/mol. The van der Waals surface area contributed by atoms with Crippen molar-refractivity contribution >= 4 is 5.91 Å². The molecule has 3 nitrogen and oxygen atoms in total. The molecule has 1 aliphatic carbocycles. The Hall–Kier alpha value is -1.90. The highest BCUT2D eigenvalue weighted by molar-refractivity contribution is 5.94. The van der Waals surface area contributed by atoms with E-state index < -0.39 is 0 Å². The first-order valence-electron chi connectivity index (χ1n) is 5.34. The summed E-state index contributed by atoms with van der Waals surface area (Å²) in [6.07, 6.45) is 12.5. The second-order valence-electron chi connectivity index (χ2n) is 3.87. The summed E-state index contributed by atoms with van der Waals surface area (Å²) in [5.41, 5.74) is 8.13. The van der Waals surface area contributed by atoms with E-state index in [-0.39, 0.29) is 5.91 Å². The maximum absolute atomic E-state index is 11.2. The average molecular weight is 214 g/mol. The Morgan fingerprint density at radius 1 is 1.50 bits per heavy atom. The molecule has 0 saturated heterocycles. The summed E-state index contributed by atoms with van der Waals surface area (Å²) in [7, 11) is 0. The van der Waals surface area contributed by atoms with Crippen LogP contribution in [0.25, 0.3) is 0 Å². The van der Waals surface area contributed by atoms with Gasteiger partial charge in [0.15, 0.2) is 0 Å². The zero-order valence-corrected chi connectivity index (χ0v) is 9.02. The Morgan fingerprint density at radius 2 is 2.38 bits per heavy atom. The van der Waals surface area contributed by atoms with E-state index >= 15 is 0 Å². The second kappa shape index (κ2) is 4.75. The molecule has 0 unspecified atom stereocenters. The van der Waals surface area contributed by atoms with Crippen LogP contribution in [0.1, 0.15) is 28.8 Å². The zero-order valence-electron chi connectivity index (χ0n) is 9.02. The minimum atomic E-state index is -0.385.